The first-order valence-electron chi connectivity index (χ1n) is 6.33. The molecule has 0 bridgehead atoms. The van der Waals surface area contributed by atoms with Gasteiger partial charge in [0.05, 0.1) is 16.3 Å². The van der Waals surface area contributed by atoms with Gasteiger partial charge in [-0.3, -0.25) is 0 Å². The minimum Gasteiger partial charge on any atom is -0.478 e. The van der Waals surface area contributed by atoms with Gasteiger partial charge in [-0.2, -0.15) is 0 Å². The quantitative estimate of drug-likeness (QED) is 0.870. The van der Waals surface area contributed by atoms with Gasteiger partial charge in [-0.15, -0.1) is 0 Å². The number of benzene rings is 2. The summed E-state index contributed by atoms with van der Waals surface area (Å²) < 4.78 is 0. The van der Waals surface area contributed by atoms with Gasteiger partial charge in [-0.1, -0.05) is 41.4 Å². The second-order valence-electron chi connectivity index (χ2n) is 4.78. The van der Waals surface area contributed by atoms with Crippen molar-refractivity contribution in [2.45, 2.75) is 19.9 Å². The van der Waals surface area contributed by atoms with E-state index in [1.807, 2.05) is 13.8 Å². The molecule has 20 heavy (non-hydrogen) atoms. The number of carboxylic acid groups (broad SMARTS) is 1. The molecule has 1 atom stereocenters. The fourth-order valence-electron chi connectivity index (χ4n) is 1.94. The number of carboxylic acids is 1. The molecule has 0 spiro atoms. The topological polar surface area (TPSA) is 49.3 Å². The van der Waals surface area contributed by atoms with Crippen molar-refractivity contribution < 1.29 is 9.90 Å². The van der Waals surface area contributed by atoms with E-state index in [1.165, 1.54) is 11.6 Å². The molecule has 0 aromatic heterocycles. The van der Waals surface area contributed by atoms with E-state index in [-0.39, 0.29) is 11.6 Å². The van der Waals surface area contributed by atoms with Crippen LogP contribution in [0.2, 0.25) is 5.02 Å². The second kappa shape index (κ2) is 5.97. The Labute approximate surface area is 123 Å². The Hall–Kier alpha value is -2.00. The van der Waals surface area contributed by atoms with Crippen LogP contribution in [-0.2, 0) is 0 Å². The van der Waals surface area contributed by atoms with Gasteiger partial charge >= 0.3 is 5.97 Å². The van der Waals surface area contributed by atoms with Gasteiger partial charge < -0.3 is 10.4 Å². The molecule has 0 heterocycles. The Kier molecular flexibility index (Phi) is 4.30. The molecule has 0 saturated heterocycles. The van der Waals surface area contributed by atoms with Crippen molar-refractivity contribution >= 4 is 23.3 Å². The molecule has 104 valence electrons. The molecule has 1 unspecified atom stereocenters. The van der Waals surface area contributed by atoms with Crippen LogP contribution in [0.15, 0.2) is 42.5 Å². The lowest BCUT2D eigenvalue weighted by Gasteiger charge is -2.17. The SMILES string of the molecule is Cc1ccc(C(C)Nc2ccc(C(=O)O)cc2Cl)cc1. The van der Waals surface area contributed by atoms with Crippen molar-refractivity contribution in [2.24, 2.45) is 0 Å². The number of aryl methyl sites for hydroxylation is 1. The molecule has 0 aliphatic heterocycles. The molecule has 2 aromatic carbocycles. The summed E-state index contributed by atoms with van der Waals surface area (Å²) in [5.74, 6) is -0.981. The zero-order chi connectivity index (χ0) is 14.7. The molecular weight excluding hydrogens is 274 g/mol. The van der Waals surface area contributed by atoms with E-state index < -0.39 is 5.97 Å². The summed E-state index contributed by atoms with van der Waals surface area (Å²) in [5, 5.41) is 12.6. The molecule has 3 nitrogen and oxygen atoms in total. The summed E-state index contributed by atoms with van der Waals surface area (Å²) in [6.45, 7) is 4.08. The van der Waals surface area contributed by atoms with Crippen molar-refractivity contribution in [3.05, 3.63) is 64.2 Å². The summed E-state index contributed by atoms with van der Waals surface area (Å²) in [7, 11) is 0. The van der Waals surface area contributed by atoms with E-state index >= 15 is 0 Å². The maximum atomic E-state index is 10.9. The lowest BCUT2D eigenvalue weighted by Crippen LogP contribution is -2.07. The maximum absolute atomic E-state index is 10.9. The van der Waals surface area contributed by atoms with Gasteiger partial charge in [0.1, 0.15) is 0 Å². The average Bonchev–Trinajstić information content (AvgIpc) is 2.41. The van der Waals surface area contributed by atoms with Crippen molar-refractivity contribution in [2.75, 3.05) is 5.32 Å². The van der Waals surface area contributed by atoms with Crippen LogP contribution < -0.4 is 5.32 Å². The number of hydrogen-bond donors (Lipinski definition) is 2. The minimum atomic E-state index is -0.981. The number of rotatable bonds is 4. The summed E-state index contributed by atoms with van der Waals surface area (Å²) >= 11 is 6.10. The first kappa shape index (κ1) is 14.4. The van der Waals surface area contributed by atoms with Crippen LogP contribution in [0.4, 0.5) is 5.69 Å². The maximum Gasteiger partial charge on any atom is 0.335 e. The normalized spacial score (nSPS) is 11.9. The first-order chi connectivity index (χ1) is 9.47. The van der Waals surface area contributed by atoms with Gasteiger partial charge in [0, 0.05) is 6.04 Å². The number of halogens is 1. The van der Waals surface area contributed by atoms with Gasteiger partial charge in [0.2, 0.25) is 0 Å². The zero-order valence-corrected chi connectivity index (χ0v) is 12.1. The highest BCUT2D eigenvalue weighted by atomic mass is 35.5. The molecule has 0 amide bonds. The lowest BCUT2D eigenvalue weighted by atomic mass is 10.1. The molecule has 0 aliphatic carbocycles. The third-order valence-electron chi connectivity index (χ3n) is 3.17. The summed E-state index contributed by atoms with van der Waals surface area (Å²) in [4.78, 5) is 10.9. The van der Waals surface area contributed by atoms with Crippen LogP contribution in [0.3, 0.4) is 0 Å². The van der Waals surface area contributed by atoms with Crippen LogP contribution >= 0.6 is 11.6 Å². The first-order valence-corrected chi connectivity index (χ1v) is 6.71. The monoisotopic (exact) mass is 289 g/mol. The molecule has 0 fully saturated rings. The molecule has 2 rings (SSSR count). The van der Waals surface area contributed by atoms with Crippen LogP contribution in [-0.4, -0.2) is 11.1 Å². The summed E-state index contributed by atoms with van der Waals surface area (Å²) in [6.07, 6.45) is 0. The molecule has 0 saturated carbocycles. The number of carbonyl (C=O) groups is 1. The van der Waals surface area contributed by atoms with E-state index in [4.69, 9.17) is 16.7 Å². The number of anilines is 1. The average molecular weight is 290 g/mol. The Bertz CT molecular complexity index is 623. The largest absolute Gasteiger partial charge is 0.478 e. The highest BCUT2D eigenvalue weighted by Crippen LogP contribution is 2.27. The van der Waals surface area contributed by atoms with Crippen LogP contribution in [0, 0.1) is 6.92 Å². The predicted octanol–water partition coefficient (Wildman–Crippen LogP) is 4.52. The van der Waals surface area contributed by atoms with Crippen LogP contribution in [0.5, 0.6) is 0 Å². The fourth-order valence-corrected chi connectivity index (χ4v) is 2.17. The van der Waals surface area contributed by atoms with Crippen molar-refractivity contribution in [1.29, 1.82) is 0 Å². The Morgan fingerprint density at radius 3 is 2.40 bits per heavy atom. The van der Waals surface area contributed by atoms with Gasteiger partial charge in [0.15, 0.2) is 0 Å². The fraction of sp³-hybridized carbons (Fsp3) is 0.188. The van der Waals surface area contributed by atoms with Gasteiger partial charge in [0.25, 0.3) is 0 Å². The number of hydrogen-bond acceptors (Lipinski definition) is 2. The highest BCUT2D eigenvalue weighted by molar-refractivity contribution is 6.33. The molecular formula is C16H16ClNO2. The van der Waals surface area contributed by atoms with Crippen LogP contribution in [0.25, 0.3) is 0 Å². The Balaban J connectivity index is 2.17. The molecule has 4 heteroatoms. The molecule has 2 N–H and O–H groups in total. The molecule has 2 aromatic rings. The van der Waals surface area contributed by atoms with Crippen molar-refractivity contribution in [3.8, 4) is 0 Å². The Morgan fingerprint density at radius 2 is 1.85 bits per heavy atom. The van der Waals surface area contributed by atoms with Gasteiger partial charge in [-0.25, -0.2) is 4.79 Å². The van der Waals surface area contributed by atoms with E-state index in [0.717, 1.165) is 11.3 Å². The van der Waals surface area contributed by atoms with E-state index in [1.54, 1.807) is 12.1 Å². The Morgan fingerprint density at radius 1 is 1.20 bits per heavy atom. The minimum absolute atomic E-state index is 0.0868. The molecule has 0 radical (unpaired) electrons. The van der Waals surface area contributed by atoms with Crippen LogP contribution in [0.1, 0.15) is 34.5 Å². The number of nitrogens with one attached hydrogen (secondary N) is 1. The summed E-state index contributed by atoms with van der Waals surface area (Å²) in [6, 6.07) is 13.0. The smallest absolute Gasteiger partial charge is 0.335 e. The third kappa shape index (κ3) is 3.31. The summed E-state index contributed by atoms with van der Waals surface area (Å²) in [5.41, 5.74) is 3.27. The van der Waals surface area contributed by atoms with Crippen molar-refractivity contribution in [1.82, 2.24) is 0 Å². The van der Waals surface area contributed by atoms with E-state index in [9.17, 15) is 4.79 Å². The standard InChI is InChI=1S/C16H16ClNO2/c1-10-3-5-12(6-4-10)11(2)18-15-8-7-13(16(19)20)9-14(15)17/h3-9,11,18H,1-2H3,(H,19,20). The van der Waals surface area contributed by atoms with Crippen molar-refractivity contribution in [3.63, 3.8) is 0 Å². The predicted molar refractivity (Wildman–Crippen MR) is 81.6 cm³/mol. The lowest BCUT2D eigenvalue weighted by molar-refractivity contribution is 0.0697. The highest BCUT2D eigenvalue weighted by Gasteiger charge is 2.10. The number of aromatic carboxylic acids is 1. The second-order valence-corrected chi connectivity index (χ2v) is 5.18. The third-order valence-corrected chi connectivity index (χ3v) is 3.48. The van der Waals surface area contributed by atoms with Gasteiger partial charge in [-0.05, 0) is 37.6 Å². The zero-order valence-electron chi connectivity index (χ0n) is 11.4. The molecule has 0 aliphatic rings. The van der Waals surface area contributed by atoms with E-state index in [2.05, 4.69) is 29.6 Å². The van der Waals surface area contributed by atoms with E-state index in [0.29, 0.717) is 5.02 Å².